The summed E-state index contributed by atoms with van der Waals surface area (Å²) in [6, 6.07) is 22.6. The lowest BCUT2D eigenvalue weighted by atomic mass is 10.0. The number of rotatable bonds is 16. The molecule has 57 heavy (non-hydrogen) atoms. The number of nitrogens with two attached hydrogens (primary N) is 4. The maximum absolute atomic E-state index is 12.6. The van der Waals surface area contributed by atoms with Gasteiger partial charge in [0.2, 0.25) is 17.7 Å². The van der Waals surface area contributed by atoms with E-state index >= 15 is 0 Å². The zero-order valence-corrected chi connectivity index (χ0v) is 35.2. The van der Waals surface area contributed by atoms with Crippen molar-refractivity contribution in [3.63, 3.8) is 0 Å². The quantitative estimate of drug-likeness (QED) is 0.0782. The number of primary amides is 3. The normalized spacial score (nSPS) is 17.1. The van der Waals surface area contributed by atoms with E-state index in [1.165, 1.54) is 0 Å². The molecule has 1 heterocycles. The minimum absolute atomic E-state index is 0.00524. The number of carbonyl (C=O) groups excluding carboxylic acids is 4. The molecule has 3 aromatic rings. The summed E-state index contributed by atoms with van der Waals surface area (Å²) < 4.78 is 13.3. The van der Waals surface area contributed by atoms with Gasteiger partial charge in [0.25, 0.3) is 5.91 Å². The summed E-state index contributed by atoms with van der Waals surface area (Å²) in [5.74, 6) is -1.64. The van der Waals surface area contributed by atoms with Crippen LogP contribution in [0.4, 0.5) is 5.69 Å². The second-order valence-corrected chi connectivity index (χ2v) is 16.6. The third-order valence-electron chi connectivity index (χ3n) is 9.37. The second-order valence-electron chi connectivity index (χ2n) is 14.0. The number of hydrogen-bond donors (Lipinski definition) is 7. The lowest BCUT2D eigenvalue weighted by molar-refractivity contribution is -0.121. The Bertz CT molecular complexity index is 1840. The Labute approximate surface area is 348 Å². The number of anilines is 1. The van der Waals surface area contributed by atoms with Crippen LogP contribution >= 0.6 is 36.1 Å². The fourth-order valence-electron chi connectivity index (χ4n) is 6.48. The third kappa shape index (κ3) is 17.0. The van der Waals surface area contributed by atoms with Gasteiger partial charge in [-0.2, -0.15) is 0 Å². The molecule has 3 aromatic carbocycles. The fraction of sp³-hybridized carbons (Fsp3) is 0.395. The van der Waals surface area contributed by atoms with Crippen LogP contribution in [0.3, 0.4) is 0 Å². The third-order valence-corrected chi connectivity index (χ3v) is 10.9. The summed E-state index contributed by atoms with van der Waals surface area (Å²) in [6.45, 7) is 3.85. The molecule has 16 nitrogen and oxygen atoms in total. The Morgan fingerprint density at radius 3 is 1.72 bits per heavy atom. The van der Waals surface area contributed by atoms with Crippen molar-refractivity contribution in [3.8, 4) is 0 Å². The maximum Gasteiger partial charge on any atom is 0.251 e. The van der Waals surface area contributed by atoms with Crippen LogP contribution in [0.2, 0.25) is 0 Å². The Morgan fingerprint density at radius 2 is 1.18 bits per heavy atom. The van der Waals surface area contributed by atoms with E-state index in [-0.39, 0.29) is 37.9 Å². The molecule has 4 rings (SSSR count). The standard InChI is InChI=1S/C38H53BrN11O5PS/c39-31-9-3-29(4-10-31)20-44-37(54)30-7-1-28(2-8-30)21-45-38(57)46-32-11-5-27(6-12-32)19-33-22-49(26-56(43)55)16-15-47(23-34(40)51)13-14-48(24-35(41)52)17-18-50(33)25-36(42)53/h1-12,33,56H,13-26H2,(H2,40,51)(H2,41,52)(H2,42,53)(H2,43,55)(H,44,54)(H2,45,46,57). The Kier molecular flexibility index (Phi) is 18.5. The smallest absolute Gasteiger partial charge is 0.251 e. The molecule has 2 atom stereocenters. The number of benzene rings is 3. The molecule has 2 unspecified atom stereocenters. The maximum atomic E-state index is 12.6. The van der Waals surface area contributed by atoms with Gasteiger partial charge in [-0.1, -0.05) is 52.3 Å². The Balaban J connectivity index is 1.39. The first-order chi connectivity index (χ1) is 27.2. The molecular formula is C38H53BrN11O5PS. The second kappa shape index (κ2) is 23.2. The predicted molar refractivity (Wildman–Crippen MR) is 230 cm³/mol. The zero-order chi connectivity index (χ0) is 41.3. The number of thiocarbonyl (C=S) groups is 1. The number of amides is 4. The molecule has 308 valence electrons. The van der Waals surface area contributed by atoms with Crippen LogP contribution in [0.25, 0.3) is 0 Å². The van der Waals surface area contributed by atoms with Gasteiger partial charge >= 0.3 is 0 Å². The van der Waals surface area contributed by atoms with Crippen molar-refractivity contribution in [1.82, 2.24) is 30.2 Å². The number of nitrogens with one attached hydrogen (secondary N) is 3. The first kappa shape index (κ1) is 45.4. The molecule has 1 aliphatic rings. The molecule has 1 fully saturated rings. The van der Waals surface area contributed by atoms with Gasteiger partial charge in [0.1, 0.15) is 7.95 Å². The molecule has 4 amide bonds. The topological polar surface area (TPSA) is 238 Å². The number of hydrogen-bond acceptors (Lipinski definition) is 10. The molecule has 1 aliphatic heterocycles. The SMILES string of the molecule is NC(=O)CN1CCN(CC(N)=O)CCN(CC(N)=O)C(Cc2ccc(NC(=S)NCc3ccc(C(=O)NCc4ccc(Br)cc4)cc3)cc2)CN(C[PH](N)=O)CC1. The van der Waals surface area contributed by atoms with Crippen LogP contribution in [-0.2, 0) is 38.5 Å². The van der Waals surface area contributed by atoms with Crippen molar-refractivity contribution in [2.24, 2.45) is 22.7 Å². The van der Waals surface area contributed by atoms with Crippen molar-refractivity contribution in [2.45, 2.75) is 25.6 Å². The molecule has 0 aliphatic carbocycles. The minimum atomic E-state index is -2.40. The van der Waals surface area contributed by atoms with Gasteiger partial charge in [0.05, 0.1) is 25.9 Å². The Hall–Kier alpha value is -4.26. The summed E-state index contributed by atoms with van der Waals surface area (Å²) >= 11 is 8.97. The molecule has 0 saturated carbocycles. The highest BCUT2D eigenvalue weighted by Crippen LogP contribution is 2.19. The van der Waals surface area contributed by atoms with Crippen LogP contribution in [0.15, 0.2) is 77.3 Å². The molecule has 19 heteroatoms. The highest BCUT2D eigenvalue weighted by molar-refractivity contribution is 9.10. The van der Waals surface area contributed by atoms with E-state index < -0.39 is 25.7 Å². The van der Waals surface area contributed by atoms with Crippen molar-refractivity contribution in [1.29, 1.82) is 0 Å². The van der Waals surface area contributed by atoms with E-state index in [1.807, 2.05) is 80.3 Å². The lowest BCUT2D eigenvalue weighted by Crippen LogP contribution is -2.53. The van der Waals surface area contributed by atoms with Crippen molar-refractivity contribution in [3.05, 3.63) is 99.5 Å². The first-order valence-corrected chi connectivity index (χ1v) is 21.4. The summed E-state index contributed by atoms with van der Waals surface area (Å²) in [6.07, 6.45) is 0.668. The molecular weight excluding hydrogens is 833 g/mol. The predicted octanol–water partition coefficient (Wildman–Crippen LogP) is 0.845. The first-order valence-electron chi connectivity index (χ1n) is 18.5. The number of nitrogens with zero attached hydrogens (tertiary/aromatic N) is 4. The van der Waals surface area contributed by atoms with E-state index in [9.17, 15) is 23.7 Å². The monoisotopic (exact) mass is 885 g/mol. The average molecular weight is 887 g/mol. The molecule has 11 N–H and O–H groups in total. The molecule has 0 bridgehead atoms. The van der Waals surface area contributed by atoms with Crippen molar-refractivity contribution < 1.29 is 23.7 Å². The zero-order valence-electron chi connectivity index (χ0n) is 31.8. The summed E-state index contributed by atoms with van der Waals surface area (Å²) in [7, 11) is -2.40. The lowest BCUT2D eigenvalue weighted by Gasteiger charge is -2.38. The van der Waals surface area contributed by atoms with Crippen LogP contribution in [0.5, 0.6) is 0 Å². The largest absolute Gasteiger partial charge is 0.369 e. The van der Waals surface area contributed by atoms with Crippen LogP contribution < -0.4 is 38.7 Å². The van der Waals surface area contributed by atoms with Crippen molar-refractivity contribution >= 4 is 70.5 Å². The van der Waals surface area contributed by atoms with Crippen LogP contribution in [0.1, 0.15) is 27.0 Å². The van der Waals surface area contributed by atoms with Crippen molar-refractivity contribution in [2.75, 3.05) is 77.1 Å². The van der Waals surface area contributed by atoms with E-state index in [2.05, 4.69) is 31.9 Å². The van der Waals surface area contributed by atoms with Gasteiger partial charge in [0, 0.05) is 80.7 Å². The molecule has 1 saturated heterocycles. The summed E-state index contributed by atoms with van der Waals surface area (Å²) in [4.78, 5) is 56.5. The van der Waals surface area contributed by atoms with Gasteiger partial charge in [-0.05, 0) is 71.7 Å². The minimum Gasteiger partial charge on any atom is -0.369 e. The Morgan fingerprint density at radius 1 is 0.684 bits per heavy atom. The van der Waals surface area contributed by atoms with Gasteiger partial charge < -0.3 is 37.7 Å². The highest BCUT2D eigenvalue weighted by atomic mass is 79.9. The fourth-order valence-corrected chi connectivity index (χ4v) is 7.67. The number of halogens is 1. The molecule has 0 spiro atoms. The number of carbonyl (C=O) groups is 4. The van der Waals surface area contributed by atoms with Gasteiger partial charge in [0.15, 0.2) is 5.11 Å². The van der Waals surface area contributed by atoms with Gasteiger partial charge in [-0.15, -0.1) is 0 Å². The van der Waals surface area contributed by atoms with E-state index in [0.717, 1.165) is 26.9 Å². The van der Waals surface area contributed by atoms with Gasteiger partial charge in [-0.3, -0.25) is 44.3 Å². The van der Waals surface area contributed by atoms with Crippen LogP contribution in [-0.4, -0.2) is 126 Å². The molecule has 0 aromatic heterocycles. The van der Waals surface area contributed by atoms with E-state index in [1.54, 1.807) is 12.1 Å². The summed E-state index contributed by atoms with van der Waals surface area (Å²) in [5, 5.41) is 9.76. The van der Waals surface area contributed by atoms with Crippen LogP contribution in [0, 0.1) is 0 Å². The average Bonchev–Trinajstić information content (AvgIpc) is 3.15. The van der Waals surface area contributed by atoms with E-state index in [0.29, 0.717) is 76.0 Å². The summed E-state index contributed by atoms with van der Waals surface area (Å²) in [5.41, 5.74) is 26.9. The van der Waals surface area contributed by atoms with E-state index in [4.69, 9.17) is 34.9 Å². The van der Waals surface area contributed by atoms with Gasteiger partial charge in [-0.25, -0.2) is 0 Å². The molecule has 0 radical (unpaired) electrons. The highest BCUT2D eigenvalue weighted by Gasteiger charge is 2.26.